The molecular formula is C20H27N7. The molecule has 0 saturated carbocycles. The number of aryl methyl sites for hydroxylation is 1. The van der Waals surface area contributed by atoms with Crippen LogP contribution in [0.2, 0.25) is 0 Å². The van der Waals surface area contributed by atoms with Gasteiger partial charge in [-0.05, 0) is 57.8 Å². The van der Waals surface area contributed by atoms with Gasteiger partial charge >= 0.3 is 0 Å². The minimum atomic E-state index is 0.317. The molecule has 0 aliphatic carbocycles. The molecule has 142 valence electrons. The molecular weight excluding hydrogens is 338 g/mol. The standard InChI is InChI=1S/C20H27N7/c1-15-7-8-16(12-21)19(22-15)27-11-5-6-17(13-27)20-24-23-18(25(20)2)14-26-9-3-4-10-26/h7-8,17H,3-6,9-11,13-14H2,1-2H3/t17-/m0/s1. The smallest absolute Gasteiger partial charge is 0.146 e. The highest BCUT2D eigenvalue weighted by Gasteiger charge is 2.28. The van der Waals surface area contributed by atoms with Gasteiger partial charge in [-0.15, -0.1) is 10.2 Å². The third-order valence-corrected chi connectivity index (χ3v) is 5.78. The van der Waals surface area contributed by atoms with Crippen LogP contribution >= 0.6 is 0 Å². The molecule has 2 aromatic rings. The van der Waals surface area contributed by atoms with Gasteiger partial charge in [0.05, 0.1) is 12.1 Å². The van der Waals surface area contributed by atoms with Crippen molar-refractivity contribution in [2.24, 2.45) is 7.05 Å². The van der Waals surface area contributed by atoms with Gasteiger partial charge in [0.1, 0.15) is 23.5 Å². The summed E-state index contributed by atoms with van der Waals surface area (Å²) in [6.07, 6.45) is 4.74. The summed E-state index contributed by atoms with van der Waals surface area (Å²) in [6.45, 7) is 6.95. The molecule has 2 aromatic heterocycles. The van der Waals surface area contributed by atoms with E-state index in [0.717, 1.165) is 68.7 Å². The number of aromatic nitrogens is 4. The molecule has 4 rings (SSSR count). The van der Waals surface area contributed by atoms with E-state index in [1.165, 1.54) is 12.8 Å². The summed E-state index contributed by atoms with van der Waals surface area (Å²) in [7, 11) is 2.09. The number of nitrogens with zero attached hydrogens (tertiary/aromatic N) is 7. The summed E-state index contributed by atoms with van der Waals surface area (Å²) in [6, 6.07) is 6.06. The fourth-order valence-corrected chi connectivity index (χ4v) is 4.26. The fraction of sp³-hybridized carbons (Fsp3) is 0.600. The highest BCUT2D eigenvalue weighted by molar-refractivity contribution is 5.54. The zero-order valence-electron chi connectivity index (χ0n) is 16.2. The van der Waals surface area contributed by atoms with Crippen LogP contribution in [0.5, 0.6) is 0 Å². The minimum absolute atomic E-state index is 0.317. The SMILES string of the molecule is Cc1ccc(C#N)c(N2CCC[C@H](c3nnc(CN4CCCC4)n3C)C2)n1. The average molecular weight is 365 g/mol. The van der Waals surface area contributed by atoms with Crippen LogP contribution in [0, 0.1) is 18.3 Å². The summed E-state index contributed by atoms with van der Waals surface area (Å²) in [5, 5.41) is 18.5. The maximum absolute atomic E-state index is 9.46. The topological polar surface area (TPSA) is 73.9 Å². The lowest BCUT2D eigenvalue weighted by Crippen LogP contribution is -2.36. The van der Waals surface area contributed by atoms with Gasteiger partial charge in [0.25, 0.3) is 0 Å². The van der Waals surface area contributed by atoms with Crippen LogP contribution in [-0.4, -0.2) is 50.8 Å². The van der Waals surface area contributed by atoms with Gasteiger partial charge in [-0.3, -0.25) is 4.90 Å². The largest absolute Gasteiger partial charge is 0.355 e. The van der Waals surface area contributed by atoms with E-state index in [-0.39, 0.29) is 0 Å². The maximum Gasteiger partial charge on any atom is 0.146 e. The van der Waals surface area contributed by atoms with E-state index >= 15 is 0 Å². The Kier molecular flexibility index (Phi) is 5.08. The van der Waals surface area contributed by atoms with E-state index < -0.39 is 0 Å². The third kappa shape index (κ3) is 3.67. The maximum atomic E-state index is 9.46. The van der Waals surface area contributed by atoms with Crippen LogP contribution in [0.25, 0.3) is 0 Å². The third-order valence-electron chi connectivity index (χ3n) is 5.78. The molecule has 1 atom stereocenters. The monoisotopic (exact) mass is 365 g/mol. The molecule has 7 nitrogen and oxygen atoms in total. The molecule has 0 spiro atoms. The zero-order chi connectivity index (χ0) is 18.8. The Morgan fingerprint density at radius 3 is 2.74 bits per heavy atom. The molecule has 2 saturated heterocycles. The summed E-state index contributed by atoms with van der Waals surface area (Å²) in [4.78, 5) is 9.35. The van der Waals surface area contributed by atoms with Gasteiger partial charge in [0, 0.05) is 31.7 Å². The molecule has 0 bridgehead atoms. The first-order valence-corrected chi connectivity index (χ1v) is 9.89. The van der Waals surface area contributed by atoms with E-state index in [4.69, 9.17) is 0 Å². The van der Waals surface area contributed by atoms with E-state index in [1.54, 1.807) is 0 Å². The first-order chi connectivity index (χ1) is 13.2. The Morgan fingerprint density at radius 1 is 1.15 bits per heavy atom. The lowest BCUT2D eigenvalue weighted by Gasteiger charge is -2.33. The minimum Gasteiger partial charge on any atom is -0.355 e. The van der Waals surface area contributed by atoms with Crippen molar-refractivity contribution in [1.29, 1.82) is 5.26 Å². The van der Waals surface area contributed by atoms with Crippen LogP contribution in [0.1, 0.15) is 54.5 Å². The highest BCUT2D eigenvalue weighted by Crippen LogP contribution is 2.30. The Hall–Kier alpha value is -2.46. The second-order valence-electron chi connectivity index (χ2n) is 7.74. The molecule has 4 heterocycles. The lowest BCUT2D eigenvalue weighted by atomic mass is 9.96. The van der Waals surface area contributed by atoms with E-state index in [1.807, 2.05) is 19.1 Å². The number of rotatable bonds is 4. The molecule has 0 amide bonds. The molecule has 0 radical (unpaired) electrons. The zero-order valence-corrected chi connectivity index (χ0v) is 16.2. The summed E-state index contributed by atoms with van der Waals surface area (Å²) < 4.78 is 2.18. The Balaban J connectivity index is 1.53. The molecule has 2 aliphatic heterocycles. The lowest BCUT2D eigenvalue weighted by molar-refractivity contribution is 0.317. The molecule has 7 heteroatoms. The molecule has 2 aliphatic rings. The predicted molar refractivity (Wildman–Crippen MR) is 103 cm³/mol. The number of hydrogen-bond acceptors (Lipinski definition) is 6. The van der Waals surface area contributed by atoms with Crippen LogP contribution in [0.15, 0.2) is 12.1 Å². The molecule has 0 unspecified atom stereocenters. The number of nitriles is 1. The second-order valence-corrected chi connectivity index (χ2v) is 7.74. The Morgan fingerprint density at radius 2 is 1.96 bits per heavy atom. The molecule has 2 fully saturated rings. The number of hydrogen-bond donors (Lipinski definition) is 0. The quantitative estimate of drug-likeness (QED) is 0.828. The van der Waals surface area contributed by atoms with Crippen LogP contribution in [0.4, 0.5) is 5.82 Å². The van der Waals surface area contributed by atoms with Crippen molar-refractivity contribution in [3.8, 4) is 6.07 Å². The van der Waals surface area contributed by atoms with Crippen molar-refractivity contribution in [3.05, 3.63) is 35.0 Å². The van der Waals surface area contributed by atoms with Gasteiger partial charge in [-0.25, -0.2) is 4.98 Å². The number of piperidine rings is 1. The van der Waals surface area contributed by atoms with Crippen molar-refractivity contribution < 1.29 is 0 Å². The first-order valence-electron chi connectivity index (χ1n) is 9.89. The Labute approximate surface area is 160 Å². The summed E-state index contributed by atoms with van der Waals surface area (Å²) in [5.74, 6) is 3.23. The Bertz CT molecular complexity index is 845. The normalized spacial score (nSPS) is 20.8. The number of pyridine rings is 1. The van der Waals surface area contributed by atoms with Crippen LogP contribution in [-0.2, 0) is 13.6 Å². The van der Waals surface area contributed by atoms with Gasteiger partial charge in [0.15, 0.2) is 0 Å². The van der Waals surface area contributed by atoms with Gasteiger partial charge in [-0.2, -0.15) is 5.26 Å². The van der Waals surface area contributed by atoms with Gasteiger partial charge in [0.2, 0.25) is 0 Å². The van der Waals surface area contributed by atoms with Crippen molar-refractivity contribution in [2.75, 3.05) is 31.1 Å². The average Bonchev–Trinajstić information content (AvgIpc) is 3.33. The predicted octanol–water partition coefficient (Wildman–Crippen LogP) is 2.37. The van der Waals surface area contributed by atoms with Crippen molar-refractivity contribution in [2.45, 2.75) is 45.1 Å². The fourth-order valence-electron chi connectivity index (χ4n) is 4.26. The number of likely N-dealkylation sites (tertiary alicyclic amines) is 1. The molecule has 0 N–H and O–H groups in total. The highest BCUT2D eigenvalue weighted by atomic mass is 15.3. The van der Waals surface area contributed by atoms with E-state index in [2.05, 4.69) is 42.7 Å². The van der Waals surface area contributed by atoms with Crippen molar-refractivity contribution in [3.63, 3.8) is 0 Å². The molecule has 27 heavy (non-hydrogen) atoms. The van der Waals surface area contributed by atoms with Gasteiger partial charge < -0.3 is 9.47 Å². The first kappa shape index (κ1) is 17.9. The van der Waals surface area contributed by atoms with E-state index in [9.17, 15) is 5.26 Å². The van der Waals surface area contributed by atoms with Gasteiger partial charge in [-0.1, -0.05) is 0 Å². The molecule has 0 aromatic carbocycles. The van der Waals surface area contributed by atoms with E-state index in [0.29, 0.717) is 11.5 Å². The van der Waals surface area contributed by atoms with Crippen molar-refractivity contribution >= 4 is 5.82 Å². The van der Waals surface area contributed by atoms with Crippen molar-refractivity contribution in [1.82, 2.24) is 24.6 Å². The number of anilines is 1. The summed E-state index contributed by atoms with van der Waals surface area (Å²) >= 11 is 0. The second kappa shape index (κ2) is 7.65. The van der Waals surface area contributed by atoms with Crippen LogP contribution in [0.3, 0.4) is 0 Å². The van der Waals surface area contributed by atoms with Crippen LogP contribution < -0.4 is 4.90 Å². The summed E-state index contributed by atoms with van der Waals surface area (Å²) in [5.41, 5.74) is 1.59.